The maximum Gasteiger partial charge on any atom is 0.762 e. The molecular weight excluding hydrogens is 1840 g/mol. The first kappa shape index (κ1) is 130. The van der Waals surface area contributed by atoms with Crippen molar-refractivity contribution in [3.05, 3.63) is 152 Å². The maximum absolute atomic E-state index is 12.1. The van der Waals surface area contributed by atoms with Crippen molar-refractivity contribution in [2.24, 2.45) is 17.4 Å². The molecule has 0 bridgehead atoms. The minimum absolute atomic E-state index is 0. The number of rotatable bonds is 17. The van der Waals surface area contributed by atoms with Crippen LogP contribution in [0.5, 0.6) is 0 Å². The van der Waals surface area contributed by atoms with Gasteiger partial charge in [0.05, 0.1) is 62.7 Å². The molecule has 7 aliphatic carbocycles. The molecule has 131 heavy (non-hydrogen) atoms. The number of halogens is 7. The molecule has 732 valence electrons. The summed E-state index contributed by atoms with van der Waals surface area (Å²) in [6.45, 7) is 36.5. The molecule has 11 rings (SSSR count). The Morgan fingerprint density at radius 2 is 1.05 bits per heavy atom. The Balaban J connectivity index is -0.000000444. The molecule has 0 aromatic carbocycles. The van der Waals surface area contributed by atoms with Crippen molar-refractivity contribution >= 4 is 142 Å². The van der Waals surface area contributed by atoms with Gasteiger partial charge in [0.25, 0.3) is 33.7 Å². The number of unbranched alkanes of at least 4 members (excludes halogenated alkanes) is 2. The van der Waals surface area contributed by atoms with E-state index in [2.05, 4.69) is 51.9 Å². The number of carbonyl (C=O) groups is 9. The monoisotopic (exact) mass is 1970 g/mol. The van der Waals surface area contributed by atoms with Crippen LogP contribution in [0.15, 0.2) is 67.6 Å². The van der Waals surface area contributed by atoms with Crippen LogP contribution < -0.4 is 28.1 Å². The first-order chi connectivity index (χ1) is 61.4. The lowest BCUT2D eigenvalue weighted by Crippen LogP contribution is -2.30. The molecule has 2 fully saturated rings. The highest BCUT2D eigenvalue weighted by Crippen LogP contribution is 2.30. The van der Waals surface area contributed by atoms with Crippen LogP contribution in [0.3, 0.4) is 0 Å². The Morgan fingerprint density at radius 1 is 0.626 bits per heavy atom. The predicted octanol–water partition coefficient (Wildman–Crippen LogP) is 15.7. The van der Waals surface area contributed by atoms with Gasteiger partial charge >= 0.3 is 17.7 Å². The lowest BCUT2D eigenvalue weighted by atomic mass is 9.89. The van der Waals surface area contributed by atoms with Crippen molar-refractivity contribution in [1.82, 2.24) is 19.0 Å². The van der Waals surface area contributed by atoms with Crippen LogP contribution in [0.4, 0.5) is 30.0 Å². The molecule has 6 N–H and O–H groups in total. The number of ether oxygens (including phenoxy) is 4. The Morgan fingerprint density at radius 3 is 1.38 bits per heavy atom. The SMILES string of the molecule is C.C1CCOC1.CCOCC.CCOO.COC(OC)N(C)C.CS(=O)(=O)Cl.CS(=O)(=O)OC1=CC(=O)CCC1.ClCCl.FB(F)F.N#CC(C(N)=O)C1=CC(=O)CCC1.N#CCC(N)=O.O=C1C=C(Cl)CCC1.O=C1CCCC(=O)C1.[C-]#[N+]c1c2c(c[nH]c1=O)C(=O)CCC2.[C-]#[N+]c1c2c(cn(CCCC)c1=O)C(=O)CCC2.[C-]#[N+]c1c2c(cn(CCCC)c1=O)CCCC2. The summed E-state index contributed by atoms with van der Waals surface area (Å²) in [5.74, 6) is -1.54. The molecule has 1 saturated heterocycles. The van der Waals surface area contributed by atoms with E-state index in [9.17, 15) is 87.3 Å². The van der Waals surface area contributed by atoms with E-state index in [1.165, 1.54) is 53.8 Å². The Hall–Kier alpha value is -9.42. The van der Waals surface area contributed by atoms with Gasteiger partial charge in [-0.15, -0.1) is 23.2 Å². The standard InChI is InChI=1S/C14H16N2O2.C14H18N2O.C10H8N2O2.C9H10N2O2.C7H10O4S.C6H7ClO.C6H8O2.C5H13NO2.C4H8O.C4H10O.C3H4N2O.C2H6O2.CH2Cl2.CH3ClO2S.CH4.BF3/c1-3-4-8-16-9-11-10(6-5-7-12(11)17)13(15-2)14(16)18;1-3-4-9-16-10-11-7-5-6-8-12(11)13(15-2)14(16)17;1-11-9-6-3-2-4-8(13)7(6)5-12-10(9)14;10-5-8(9(11)13)6-2-1-3-7(12)4-6;1-12(9,10)11-7-4-2-3-6(8)5-7;2*7-5-2-1-3-6(8)4-5;1-6(2)5(7-3)8-4;1-2-4-5-3-1;1-3-5-4-2;4-2-1-3(5)6;1-2-4-3;2-1-3;1-5(2,3)4;;2-1(3)4/h9H,3-8H2,1H3;10H,3-9H2,1H3;5H,2-4H2,(H,12,14);4,8H,1-3H2,(H2,11,13);5H,2-4H2,1H3;4H,1-3H2;1-4H2;5H,1-4H3;1-4H2;3-4H2,1-2H3;1H2,(H2,5,6);3H,2H2,1H3;1H2;1H3;1H4;. The number of pyridine rings is 3. The van der Waals surface area contributed by atoms with Crippen LogP contribution in [0.1, 0.15) is 252 Å². The van der Waals surface area contributed by atoms with Gasteiger partial charge < -0.3 is 48.7 Å². The van der Waals surface area contributed by atoms with E-state index < -0.39 is 50.0 Å². The third-order valence-corrected chi connectivity index (χ3v) is 18.4. The Bertz CT molecular complexity index is 4760. The number of carbonyl (C=O) groups excluding carboxylic acids is 9. The third kappa shape index (κ3) is 64.1. The van der Waals surface area contributed by atoms with Gasteiger partial charge in [-0.3, -0.25) is 80.6 Å². The Kier molecular flexibility index (Phi) is 77.6. The molecule has 8 aliphatic rings. The molecule has 1 unspecified atom stereocenters. The number of nitrogens with zero attached hydrogens (tertiary/aromatic N) is 8. The number of nitrogens with one attached hydrogen (secondary N) is 1. The molecule has 1 aliphatic heterocycles. The summed E-state index contributed by atoms with van der Waals surface area (Å²) < 4.78 is 96.4. The van der Waals surface area contributed by atoms with Crippen molar-refractivity contribution < 1.29 is 106 Å². The van der Waals surface area contributed by atoms with Crippen LogP contribution in [-0.2, 0) is 120 Å². The smallest absolute Gasteiger partial charge is 0.387 e. The minimum atomic E-state index is -3.67. The van der Waals surface area contributed by atoms with Crippen molar-refractivity contribution in [3.8, 4) is 12.1 Å². The largest absolute Gasteiger partial charge is 0.762 e. The number of nitrogens with two attached hydrogens (primary N) is 2. The van der Waals surface area contributed by atoms with Gasteiger partial charge in [-0.25, -0.2) is 27.8 Å². The van der Waals surface area contributed by atoms with Gasteiger partial charge in [-0.2, -0.15) is 18.9 Å². The van der Waals surface area contributed by atoms with E-state index in [1.807, 2.05) is 46.0 Å². The number of aryl methyl sites for hydroxylation is 3. The lowest BCUT2D eigenvalue weighted by molar-refractivity contribution is -0.237. The molecule has 3 aromatic rings. The van der Waals surface area contributed by atoms with Crippen LogP contribution >= 0.6 is 45.5 Å². The third-order valence-electron chi connectivity index (χ3n) is 17.6. The van der Waals surface area contributed by atoms with Crippen LogP contribution in [0.25, 0.3) is 14.5 Å². The minimum Gasteiger partial charge on any atom is -0.387 e. The second-order valence-corrected chi connectivity index (χ2v) is 34.3. The lowest BCUT2D eigenvalue weighted by Gasteiger charge is -2.19. The highest BCUT2D eigenvalue weighted by atomic mass is 35.7. The van der Waals surface area contributed by atoms with Gasteiger partial charge in [-0.05, 0) is 184 Å². The number of methoxy groups -OCH3 is 2. The quantitative estimate of drug-likeness (QED) is 0.0112. The number of aromatic nitrogens is 3. The molecule has 34 nitrogen and oxygen atoms in total. The second-order valence-electron chi connectivity index (χ2n) is 28.3. The number of Topliss-reactive ketones (excluding diaryl/α,β-unsaturated/α-hetero) is 4. The fourth-order valence-electron chi connectivity index (χ4n) is 11.9. The second kappa shape index (κ2) is 78.1. The highest BCUT2D eigenvalue weighted by molar-refractivity contribution is 8.13. The van der Waals surface area contributed by atoms with Crippen LogP contribution in [-0.4, -0.2) is 187 Å². The summed E-state index contributed by atoms with van der Waals surface area (Å²) in [7, 11) is 1.16. The first-order valence-corrected chi connectivity index (χ1v) is 47.5. The van der Waals surface area contributed by atoms with Crippen molar-refractivity contribution in [3.63, 3.8) is 0 Å². The number of H-pyrrole nitrogens is 1. The number of hydrogen-bond donors (Lipinski definition) is 4. The molecule has 4 heterocycles. The zero-order valence-corrected chi connectivity index (χ0v) is 80.3. The summed E-state index contributed by atoms with van der Waals surface area (Å²) in [6, 6.07) is 3.39. The van der Waals surface area contributed by atoms with Gasteiger partial charge in [0.1, 0.15) is 29.7 Å². The number of aromatic amines is 1. The highest BCUT2D eigenvalue weighted by Gasteiger charge is 2.27. The number of ketones is 7. The maximum atomic E-state index is 12.1. The zero-order chi connectivity index (χ0) is 99.9. The average Bonchev–Trinajstić information content (AvgIpc) is 0.975. The summed E-state index contributed by atoms with van der Waals surface area (Å²) in [4.78, 5) is 150. The van der Waals surface area contributed by atoms with Gasteiger partial charge in [-0.1, -0.05) is 52.1 Å². The number of fused-ring (bicyclic) bond motifs is 3. The molecule has 44 heteroatoms. The fraction of sp³-hybridized carbons (Fsp3) is 0.598. The number of primary amides is 2. The Labute approximate surface area is 787 Å². The number of alkyl halides is 2. The number of allylic oxidation sites excluding steroid dienone is 5. The van der Waals surface area contributed by atoms with Crippen LogP contribution in [0.2, 0.25) is 0 Å². The summed E-state index contributed by atoms with van der Waals surface area (Å²) in [6.07, 6.45) is 33.4. The summed E-state index contributed by atoms with van der Waals surface area (Å²) in [5.41, 5.74) is 14.6. The molecule has 0 radical (unpaired) electrons. The van der Waals surface area contributed by atoms with E-state index in [0.29, 0.717) is 135 Å². The van der Waals surface area contributed by atoms with E-state index in [-0.39, 0.29) is 101 Å². The first-order valence-electron chi connectivity index (χ1n) is 41.5. The molecular formula is C87H127BCl4F3N11O23S2. The topological polar surface area (TPSA) is 490 Å². The van der Waals surface area contributed by atoms with E-state index >= 15 is 0 Å². The molecule has 1 saturated carbocycles. The van der Waals surface area contributed by atoms with Crippen molar-refractivity contribution in [2.75, 3.05) is 79.2 Å². The van der Waals surface area contributed by atoms with Gasteiger partial charge in [0.15, 0.2) is 28.9 Å². The normalized spacial score (nSPS) is 14.7. The number of nitriles is 2. The van der Waals surface area contributed by atoms with E-state index in [1.54, 1.807) is 44.0 Å². The van der Waals surface area contributed by atoms with Gasteiger partial charge in [0.2, 0.25) is 27.3 Å². The number of amides is 2. The van der Waals surface area contributed by atoms with Crippen molar-refractivity contribution in [2.45, 2.75) is 254 Å². The summed E-state index contributed by atoms with van der Waals surface area (Å²) >= 11 is 15.1. The predicted molar refractivity (Wildman–Crippen MR) is 498 cm³/mol. The average molecular weight is 1970 g/mol. The van der Waals surface area contributed by atoms with Crippen LogP contribution in [0, 0.1) is 48.3 Å². The molecule has 1 atom stereocenters. The molecule has 2 amide bonds. The van der Waals surface area contributed by atoms with Crippen molar-refractivity contribution in [1.29, 1.82) is 10.5 Å². The summed E-state index contributed by atoms with van der Waals surface area (Å²) in [5, 5.41) is 24.6. The zero-order valence-electron chi connectivity index (χ0n) is 75.7. The fourth-order valence-corrected chi connectivity index (χ4v) is 12.7. The number of hydrogen-bond acceptors (Lipinski definition) is 26. The van der Waals surface area contributed by atoms with Gasteiger partial charge in [0, 0.05) is 157 Å². The molecule has 3 aromatic heterocycles. The molecule has 0 spiro atoms. The van der Waals surface area contributed by atoms with E-state index in [0.717, 1.165) is 128 Å². The van der Waals surface area contributed by atoms with E-state index in [4.69, 9.17) is 95.0 Å².